The van der Waals surface area contributed by atoms with Crippen LogP contribution in [-0.2, 0) is 16.0 Å². The van der Waals surface area contributed by atoms with Gasteiger partial charge < -0.3 is 10.1 Å². The number of nitrogens with zero attached hydrogens (tertiary/aromatic N) is 1. The predicted octanol–water partition coefficient (Wildman–Crippen LogP) is 1.82. The highest BCUT2D eigenvalue weighted by molar-refractivity contribution is 5.79. The fourth-order valence-corrected chi connectivity index (χ4v) is 3.59. The predicted molar refractivity (Wildman–Crippen MR) is 86.9 cm³/mol. The Morgan fingerprint density at radius 1 is 1.36 bits per heavy atom. The van der Waals surface area contributed by atoms with Crippen LogP contribution in [0.25, 0.3) is 0 Å². The Morgan fingerprint density at radius 2 is 2.18 bits per heavy atom. The van der Waals surface area contributed by atoms with Crippen molar-refractivity contribution >= 4 is 5.91 Å². The first-order valence-corrected chi connectivity index (χ1v) is 8.22. The zero-order valence-electron chi connectivity index (χ0n) is 13.8. The van der Waals surface area contributed by atoms with Crippen molar-refractivity contribution in [1.29, 1.82) is 0 Å². The molecule has 0 spiro atoms. The van der Waals surface area contributed by atoms with Gasteiger partial charge in [-0.2, -0.15) is 0 Å². The Labute approximate surface area is 132 Å². The van der Waals surface area contributed by atoms with Gasteiger partial charge in [-0.25, -0.2) is 0 Å². The molecule has 3 rings (SSSR count). The summed E-state index contributed by atoms with van der Waals surface area (Å²) in [6.45, 7) is 8.98. The molecule has 22 heavy (non-hydrogen) atoms. The molecule has 0 bridgehead atoms. The van der Waals surface area contributed by atoms with Crippen LogP contribution < -0.4 is 5.32 Å². The van der Waals surface area contributed by atoms with E-state index in [2.05, 4.69) is 49.2 Å². The first-order chi connectivity index (χ1) is 10.5. The van der Waals surface area contributed by atoms with E-state index in [1.54, 1.807) is 0 Å². The highest BCUT2D eigenvalue weighted by atomic mass is 16.5. The summed E-state index contributed by atoms with van der Waals surface area (Å²) in [5.74, 6) is 0.132. The smallest absolute Gasteiger partial charge is 0.224 e. The zero-order valence-corrected chi connectivity index (χ0v) is 13.8. The summed E-state index contributed by atoms with van der Waals surface area (Å²) in [5, 5.41) is 3.21. The van der Waals surface area contributed by atoms with Gasteiger partial charge in [-0.3, -0.25) is 9.69 Å². The van der Waals surface area contributed by atoms with E-state index in [-0.39, 0.29) is 11.9 Å². The molecular formula is C18H26N2O2. The van der Waals surface area contributed by atoms with Crippen LogP contribution in [0.5, 0.6) is 0 Å². The third-order valence-electron chi connectivity index (χ3n) is 4.81. The molecule has 1 aromatic carbocycles. The minimum atomic E-state index is 0.132. The molecule has 1 amide bonds. The fraction of sp³-hybridized carbons (Fsp3) is 0.611. The molecule has 0 aliphatic carbocycles. The second kappa shape index (κ2) is 6.39. The highest BCUT2D eigenvalue weighted by Crippen LogP contribution is 2.23. The Hall–Kier alpha value is -1.39. The van der Waals surface area contributed by atoms with Gasteiger partial charge in [-0.1, -0.05) is 23.8 Å². The molecule has 0 aromatic heterocycles. The summed E-state index contributed by atoms with van der Waals surface area (Å²) in [6, 6.07) is 7.03. The van der Waals surface area contributed by atoms with Crippen molar-refractivity contribution in [3.63, 3.8) is 0 Å². The monoisotopic (exact) mass is 302 g/mol. The van der Waals surface area contributed by atoms with Crippen LogP contribution in [-0.4, -0.2) is 48.7 Å². The van der Waals surface area contributed by atoms with E-state index >= 15 is 0 Å². The standard InChI is InChI=1S/C18H26N2O2/c1-12-4-5-13(2)15(6-12)7-18(21)19-16-8-17-11-22-14(3)9-20(17)10-16/h4-6,14,16-17H,7-11H2,1-3H3,(H,19,21)/t14-,16+,17-/m0/s1. The van der Waals surface area contributed by atoms with Crippen molar-refractivity contribution in [3.05, 3.63) is 34.9 Å². The van der Waals surface area contributed by atoms with E-state index in [0.717, 1.165) is 31.7 Å². The maximum atomic E-state index is 12.3. The van der Waals surface area contributed by atoms with E-state index in [4.69, 9.17) is 4.74 Å². The van der Waals surface area contributed by atoms with Crippen LogP contribution in [0.15, 0.2) is 18.2 Å². The van der Waals surface area contributed by atoms with Gasteiger partial charge in [0.15, 0.2) is 0 Å². The zero-order chi connectivity index (χ0) is 15.7. The molecule has 1 N–H and O–H groups in total. The molecule has 2 fully saturated rings. The number of rotatable bonds is 3. The number of ether oxygens (including phenoxy) is 1. The van der Waals surface area contributed by atoms with Crippen molar-refractivity contribution < 1.29 is 9.53 Å². The number of aryl methyl sites for hydroxylation is 2. The van der Waals surface area contributed by atoms with Crippen molar-refractivity contribution in [2.24, 2.45) is 0 Å². The Balaban J connectivity index is 1.55. The molecule has 1 aromatic rings. The lowest BCUT2D eigenvalue weighted by Crippen LogP contribution is -2.45. The average Bonchev–Trinajstić information content (AvgIpc) is 2.84. The second-order valence-electron chi connectivity index (χ2n) is 6.86. The number of fused-ring (bicyclic) bond motifs is 1. The quantitative estimate of drug-likeness (QED) is 0.926. The lowest BCUT2D eigenvalue weighted by molar-refractivity contribution is -0.121. The normalized spacial score (nSPS) is 28.4. The van der Waals surface area contributed by atoms with Crippen LogP contribution >= 0.6 is 0 Å². The van der Waals surface area contributed by atoms with Crippen molar-refractivity contribution in [2.45, 2.75) is 51.8 Å². The van der Waals surface area contributed by atoms with Gasteiger partial charge in [-0.15, -0.1) is 0 Å². The van der Waals surface area contributed by atoms with Gasteiger partial charge >= 0.3 is 0 Å². The molecule has 2 aliphatic heterocycles. The SMILES string of the molecule is Cc1ccc(C)c(CC(=O)N[C@@H]2C[C@H]3CO[C@@H](C)CN3C2)c1. The summed E-state index contributed by atoms with van der Waals surface area (Å²) in [5.41, 5.74) is 3.52. The molecule has 3 atom stereocenters. The molecular weight excluding hydrogens is 276 g/mol. The van der Waals surface area contributed by atoms with E-state index in [0.29, 0.717) is 18.6 Å². The molecule has 0 unspecified atom stereocenters. The summed E-state index contributed by atoms with van der Waals surface area (Å²) in [4.78, 5) is 14.8. The molecule has 2 saturated heterocycles. The number of carbonyl (C=O) groups excluding carboxylic acids is 1. The Bertz CT molecular complexity index is 558. The lowest BCUT2D eigenvalue weighted by Gasteiger charge is -2.33. The highest BCUT2D eigenvalue weighted by Gasteiger charge is 2.36. The van der Waals surface area contributed by atoms with Gasteiger partial charge in [-0.05, 0) is 38.3 Å². The number of hydrogen-bond donors (Lipinski definition) is 1. The Morgan fingerprint density at radius 3 is 3.00 bits per heavy atom. The minimum absolute atomic E-state index is 0.132. The Kier molecular flexibility index (Phi) is 4.50. The van der Waals surface area contributed by atoms with Crippen molar-refractivity contribution in [2.75, 3.05) is 19.7 Å². The van der Waals surface area contributed by atoms with Gasteiger partial charge in [0.25, 0.3) is 0 Å². The molecule has 0 saturated carbocycles. The largest absolute Gasteiger partial charge is 0.376 e. The summed E-state index contributed by atoms with van der Waals surface area (Å²) in [7, 11) is 0. The number of benzene rings is 1. The third-order valence-corrected chi connectivity index (χ3v) is 4.81. The van der Waals surface area contributed by atoms with E-state index in [1.165, 1.54) is 11.1 Å². The number of morpholine rings is 1. The topological polar surface area (TPSA) is 41.6 Å². The molecule has 4 nitrogen and oxygen atoms in total. The summed E-state index contributed by atoms with van der Waals surface area (Å²) >= 11 is 0. The van der Waals surface area contributed by atoms with Crippen LogP contribution in [0.4, 0.5) is 0 Å². The van der Waals surface area contributed by atoms with Crippen LogP contribution in [0.2, 0.25) is 0 Å². The van der Waals surface area contributed by atoms with Crippen molar-refractivity contribution in [3.8, 4) is 0 Å². The van der Waals surface area contributed by atoms with E-state index < -0.39 is 0 Å². The molecule has 120 valence electrons. The fourth-order valence-electron chi connectivity index (χ4n) is 3.59. The third kappa shape index (κ3) is 3.50. The molecule has 0 radical (unpaired) electrons. The van der Waals surface area contributed by atoms with Gasteiger partial charge in [0.2, 0.25) is 5.91 Å². The maximum Gasteiger partial charge on any atom is 0.224 e. The molecule has 2 heterocycles. The maximum absolute atomic E-state index is 12.3. The van der Waals surface area contributed by atoms with Crippen LogP contribution in [0.1, 0.15) is 30.0 Å². The van der Waals surface area contributed by atoms with Crippen LogP contribution in [0.3, 0.4) is 0 Å². The van der Waals surface area contributed by atoms with Gasteiger partial charge in [0.05, 0.1) is 19.1 Å². The summed E-state index contributed by atoms with van der Waals surface area (Å²) in [6.07, 6.45) is 1.79. The first-order valence-electron chi connectivity index (χ1n) is 8.22. The van der Waals surface area contributed by atoms with Gasteiger partial charge in [0, 0.05) is 25.2 Å². The van der Waals surface area contributed by atoms with E-state index in [1.807, 2.05) is 0 Å². The van der Waals surface area contributed by atoms with Crippen molar-refractivity contribution in [1.82, 2.24) is 10.2 Å². The van der Waals surface area contributed by atoms with Gasteiger partial charge in [0.1, 0.15) is 0 Å². The summed E-state index contributed by atoms with van der Waals surface area (Å²) < 4.78 is 5.72. The number of hydrogen-bond acceptors (Lipinski definition) is 3. The number of carbonyl (C=O) groups is 1. The first kappa shape index (κ1) is 15.5. The molecule has 2 aliphatic rings. The minimum Gasteiger partial charge on any atom is -0.376 e. The van der Waals surface area contributed by atoms with Crippen LogP contribution in [0, 0.1) is 13.8 Å². The number of nitrogens with one attached hydrogen (secondary N) is 1. The number of amides is 1. The lowest BCUT2D eigenvalue weighted by atomic mass is 10.0. The average molecular weight is 302 g/mol. The molecule has 4 heteroatoms. The van der Waals surface area contributed by atoms with E-state index in [9.17, 15) is 4.79 Å². The second-order valence-corrected chi connectivity index (χ2v) is 6.86.